The van der Waals surface area contributed by atoms with E-state index in [0.717, 1.165) is 12.0 Å². The Balaban J connectivity index is 1.94. The van der Waals surface area contributed by atoms with Gasteiger partial charge < -0.3 is 14.7 Å². The van der Waals surface area contributed by atoms with Crippen molar-refractivity contribution in [3.63, 3.8) is 0 Å². The molecule has 3 aromatic rings. The van der Waals surface area contributed by atoms with Gasteiger partial charge in [0.05, 0.1) is 11.9 Å². The molecule has 0 unspecified atom stereocenters. The van der Waals surface area contributed by atoms with Gasteiger partial charge in [-0.25, -0.2) is 14.8 Å². The van der Waals surface area contributed by atoms with Gasteiger partial charge in [-0.05, 0) is 24.1 Å². The first-order valence-electron chi connectivity index (χ1n) is 7.34. The van der Waals surface area contributed by atoms with E-state index in [1.807, 2.05) is 6.92 Å². The fourth-order valence-corrected chi connectivity index (χ4v) is 2.46. The van der Waals surface area contributed by atoms with E-state index in [1.165, 1.54) is 0 Å². The van der Waals surface area contributed by atoms with E-state index in [1.54, 1.807) is 35.2 Å². The van der Waals surface area contributed by atoms with Crippen LogP contribution in [0.3, 0.4) is 0 Å². The zero-order valence-corrected chi connectivity index (χ0v) is 12.6. The Hall–Kier alpha value is -2.96. The highest BCUT2D eigenvalue weighted by Crippen LogP contribution is 2.11. The molecule has 1 aromatic carbocycles. The van der Waals surface area contributed by atoms with Gasteiger partial charge in [-0.3, -0.25) is 4.79 Å². The van der Waals surface area contributed by atoms with Crippen LogP contribution in [0.2, 0.25) is 0 Å². The smallest absolute Gasteiger partial charge is 0.335 e. The fourth-order valence-electron chi connectivity index (χ4n) is 2.46. The predicted molar refractivity (Wildman–Crippen MR) is 84.6 cm³/mol. The number of carboxylic acid groups (broad SMARTS) is 1. The molecule has 2 N–H and O–H groups in total. The van der Waals surface area contributed by atoms with Crippen LogP contribution in [0.15, 0.2) is 35.4 Å². The molecule has 118 valence electrons. The van der Waals surface area contributed by atoms with Gasteiger partial charge in [0.15, 0.2) is 11.2 Å². The van der Waals surface area contributed by atoms with E-state index >= 15 is 0 Å². The summed E-state index contributed by atoms with van der Waals surface area (Å²) < 4.78 is 1.71. The molecule has 0 saturated carbocycles. The number of carbonyl (C=O) groups is 1. The van der Waals surface area contributed by atoms with Crippen molar-refractivity contribution in [3.8, 4) is 0 Å². The van der Waals surface area contributed by atoms with Gasteiger partial charge in [0.1, 0.15) is 5.82 Å². The lowest BCUT2D eigenvalue weighted by Crippen LogP contribution is -2.15. The number of hydrogen-bond donors (Lipinski definition) is 2. The minimum Gasteiger partial charge on any atom is -0.478 e. The van der Waals surface area contributed by atoms with E-state index in [-0.39, 0.29) is 11.1 Å². The number of aryl methyl sites for hydroxylation is 1. The molecular formula is C16H16N4O3. The third-order valence-electron chi connectivity index (χ3n) is 3.57. The number of hydrogen-bond acceptors (Lipinski definition) is 4. The third-order valence-corrected chi connectivity index (χ3v) is 3.57. The van der Waals surface area contributed by atoms with Crippen molar-refractivity contribution in [1.29, 1.82) is 0 Å². The summed E-state index contributed by atoms with van der Waals surface area (Å²) in [5.41, 5.74) is 1.75. The lowest BCUT2D eigenvalue weighted by atomic mass is 10.1. The second kappa shape index (κ2) is 6.04. The van der Waals surface area contributed by atoms with Crippen LogP contribution in [0.4, 0.5) is 0 Å². The number of aromatic carboxylic acids is 1. The van der Waals surface area contributed by atoms with Gasteiger partial charge in [0.25, 0.3) is 5.56 Å². The number of fused-ring (bicyclic) bond motifs is 1. The minimum absolute atomic E-state index is 0.210. The predicted octanol–water partition coefficient (Wildman–Crippen LogP) is 1.82. The lowest BCUT2D eigenvalue weighted by Gasteiger charge is -2.05. The van der Waals surface area contributed by atoms with Crippen LogP contribution in [0.25, 0.3) is 11.2 Å². The number of aromatic nitrogens is 4. The Labute approximate surface area is 131 Å². The van der Waals surface area contributed by atoms with Crippen LogP contribution in [0.1, 0.15) is 35.1 Å². The summed E-state index contributed by atoms with van der Waals surface area (Å²) >= 11 is 0. The Morgan fingerprint density at radius 3 is 2.70 bits per heavy atom. The third kappa shape index (κ3) is 2.98. The SMILES string of the molecule is CCCc1nc2ncn(Cc3ccc(C(=O)O)cc3)c2c(=O)[nH]1. The van der Waals surface area contributed by atoms with Crippen LogP contribution in [0.5, 0.6) is 0 Å². The quantitative estimate of drug-likeness (QED) is 0.748. The van der Waals surface area contributed by atoms with Crippen molar-refractivity contribution in [3.05, 3.63) is 57.9 Å². The number of H-pyrrole nitrogens is 1. The molecule has 23 heavy (non-hydrogen) atoms. The summed E-state index contributed by atoms with van der Waals surface area (Å²) in [7, 11) is 0. The normalized spacial score (nSPS) is 11.0. The molecule has 0 saturated heterocycles. The van der Waals surface area contributed by atoms with Gasteiger partial charge in [-0.1, -0.05) is 19.1 Å². The van der Waals surface area contributed by atoms with Gasteiger partial charge >= 0.3 is 5.97 Å². The number of nitrogens with one attached hydrogen (secondary N) is 1. The van der Waals surface area contributed by atoms with Crippen LogP contribution in [-0.2, 0) is 13.0 Å². The van der Waals surface area contributed by atoms with Crippen LogP contribution < -0.4 is 5.56 Å². The molecule has 0 radical (unpaired) electrons. The summed E-state index contributed by atoms with van der Waals surface area (Å²) in [4.78, 5) is 34.5. The van der Waals surface area contributed by atoms with E-state index < -0.39 is 5.97 Å². The fraction of sp³-hybridized carbons (Fsp3) is 0.250. The molecular weight excluding hydrogens is 296 g/mol. The monoisotopic (exact) mass is 312 g/mol. The number of benzene rings is 1. The summed E-state index contributed by atoms with van der Waals surface area (Å²) in [6.45, 7) is 2.44. The zero-order chi connectivity index (χ0) is 16.4. The topological polar surface area (TPSA) is 101 Å². The van der Waals surface area contributed by atoms with E-state index in [4.69, 9.17) is 5.11 Å². The molecule has 7 heteroatoms. The van der Waals surface area contributed by atoms with Gasteiger partial charge in [0, 0.05) is 13.0 Å². The van der Waals surface area contributed by atoms with Crippen molar-refractivity contribution in [1.82, 2.24) is 19.5 Å². The second-order valence-corrected chi connectivity index (χ2v) is 5.31. The molecule has 2 aromatic heterocycles. The van der Waals surface area contributed by atoms with Crippen molar-refractivity contribution in [2.75, 3.05) is 0 Å². The van der Waals surface area contributed by atoms with Crippen LogP contribution in [0, 0.1) is 0 Å². The van der Waals surface area contributed by atoms with Gasteiger partial charge in [-0.15, -0.1) is 0 Å². The summed E-state index contributed by atoms with van der Waals surface area (Å²) in [5, 5.41) is 8.91. The maximum absolute atomic E-state index is 12.3. The first-order chi connectivity index (χ1) is 11.1. The molecule has 0 amide bonds. The van der Waals surface area contributed by atoms with Crippen molar-refractivity contribution < 1.29 is 9.90 Å². The maximum Gasteiger partial charge on any atom is 0.335 e. The van der Waals surface area contributed by atoms with E-state index in [2.05, 4.69) is 15.0 Å². The Bertz CT molecular complexity index is 909. The Morgan fingerprint density at radius 2 is 2.04 bits per heavy atom. The van der Waals surface area contributed by atoms with Crippen molar-refractivity contribution in [2.24, 2.45) is 0 Å². The zero-order valence-electron chi connectivity index (χ0n) is 12.6. The van der Waals surface area contributed by atoms with Crippen molar-refractivity contribution in [2.45, 2.75) is 26.3 Å². The average Bonchev–Trinajstić information content (AvgIpc) is 2.91. The molecule has 7 nitrogen and oxygen atoms in total. The number of nitrogens with zero attached hydrogens (tertiary/aromatic N) is 3. The standard InChI is InChI=1S/C16H16N4O3/c1-2-3-12-18-14-13(15(21)19-12)20(9-17-14)8-10-4-6-11(7-5-10)16(22)23/h4-7,9H,2-3,8H2,1H3,(H,22,23)(H,18,19,21). The summed E-state index contributed by atoms with van der Waals surface area (Å²) in [5.74, 6) is -0.324. The molecule has 0 atom stereocenters. The highest BCUT2D eigenvalue weighted by Gasteiger charge is 2.11. The van der Waals surface area contributed by atoms with Gasteiger partial charge in [0.2, 0.25) is 0 Å². The van der Waals surface area contributed by atoms with E-state index in [9.17, 15) is 9.59 Å². The lowest BCUT2D eigenvalue weighted by molar-refractivity contribution is 0.0697. The molecule has 2 heterocycles. The second-order valence-electron chi connectivity index (χ2n) is 5.31. The summed E-state index contributed by atoms with van der Waals surface area (Å²) in [6.07, 6.45) is 3.17. The molecule has 0 aliphatic heterocycles. The molecule has 0 spiro atoms. The molecule has 0 aliphatic rings. The maximum atomic E-state index is 12.3. The molecule has 0 aliphatic carbocycles. The molecule has 0 fully saturated rings. The van der Waals surface area contributed by atoms with Crippen molar-refractivity contribution >= 4 is 17.1 Å². The number of imidazole rings is 1. The van der Waals surface area contributed by atoms with Gasteiger partial charge in [-0.2, -0.15) is 0 Å². The number of rotatable bonds is 5. The minimum atomic E-state index is -0.964. The Kier molecular flexibility index (Phi) is 3.92. The largest absolute Gasteiger partial charge is 0.478 e. The summed E-state index contributed by atoms with van der Waals surface area (Å²) in [6, 6.07) is 6.53. The molecule has 0 bridgehead atoms. The highest BCUT2D eigenvalue weighted by molar-refractivity contribution is 5.87. The highest BCUT2D eigenvalue weighted by atomic mass is 16.4. The number of aromatic amines is 1. The average molecular weight is 312 g/mol. The van der Waals surface area contributed by atoms with Crippen LogP contribution >= 0.6 is 0 Å². The first kappa shape index (κ1) is 15.0. The van der Waals surface area contributed by atoms with Crippen LogP contribution in [-0.4, -0.2) is 30.6 Å². The Morgan fingerprint density at radius 1 is 1.30 bits per heavy atom. The molecule has 3 rings (SSSR count). The van der Waals surface area contributed by atoms with E-state index in [0.29, 0.717) is 30.0 Å². The first-order valence-corrected chi connectivity index (χ1v) is 7.34. The number of carboxylic acids is 1.